The molecule has 218 valence electrons. The molecular weight excluding hydrogens is 482 g/mol. The molecule has 1 heterocycles. The molecule has 0 saturated carbocycles. The fourth-order valence-electron chi connectivity index (χ4n) is 3.27. The van der Waals surface area contributed by atoms with Crippen molar-refractivity contribution in [1.82, 2.24) is 15.1 Å². The number of aryl methyl sites for hydroxylation is 1. The van der Waals surface area contributed by atoms with E-state index in [-0.39, 0.29) is 11.9 Å². The van der Waals surface area contributed by atoms with Crippen LogP contribution in [0.3, 0.4) is 0 Å². The smallest absolute Gasteiger partial charge is 0.251 e. The molecule has 0 bridgehead atoms. The van der Waals surface area contributed by atoms with Gasteiger partial charge < -0.3 is 24.3 Å². The molecule has 1 unspecified atom stereocenters. The molecule has 1 amide bonds. The molecule has 1 aromatic carbocycles. The Hall–Kier alpha value is -2.26. The van der Waals surface area contributed by atoms with Gasteiger partial charge in [-0.1, -0.05) is 59.6 Å². The van der Waals surface area contributed by atoms with E-state index < -0.39 is 0 Å². The molecule has 8 nitrogen and oxygen atoms in total. The van der Waals surface area contributed by atoms with Crippen LogP contribution in [-0.4, -0.2) is 75.1 Å². The van der Waals surface area contributed by atoms with E-state index in [0.29, 0.717) is 58.4 Å². The lowest BCUT2D eigenvalue weighted by molar-refractivity contribution is -0.00172. The molecule has 1 atom stereocenters. The molecule has 8 heteroatoms. The summed E-state index contributed by atoms with van der Waals surface area (Å²) < 4.78 is 23.8. The highest BCUT2D eigenvalue weighted by Crippen LogP contribution is 2.18. The SMILES string of the molecule is CC.CC.CCCCCOCCOCCOCCOCCNC(=O)c1ccc(C(C)n2cc(C)cn2)cc1. The summed E-state index contributed by atoms with van der Waals surface area (Å²) in [5, 5.41) is 7.24. The lowest BCUT2D eigenvalue weighted by atomic mass is 10.1. The molecule has 0 spiro atoms. The van der Waals surface area contributed by atoms with Gasteiger partial charge in [-0.25, -0.2) is 0 Å². The van der Waals surface area contributed by atoms with Gasteiger partial charge in [0.2, 0.25) is 0 Å². The highest BCUT2D eigenvalue weighted by molar-refractivity contribution is 5.94. The molecule has 0 radical (unpaired) electrons. The Morgan fingerprint density at radius 3 is 1.87 bits per heavy atom. The minimum atomic E-state index is -0.111. The summed E-state index contributed by atoms with van der Waals surface area (Å²) in [6.45, 7) is 19.3. The van der Waals surface area contributed by atoms with Gasteiger partial charge in [-0.3, -0.25) is 9.48 Å². The minimum Gasteiger partial charge on any atom is -0.379 e. The summed E-state index contributed by atoms with van der Waals surface area (Å²) >= 11 is 0. The number of carbonyl (C=O) groups excluding carboxylic acids is 1. The fraction of sp³-hybridized carbons (Fsp3) is 0.667. The maximum atomic E-state index is 12.3. The average Bonchev–Trinajstić information content (AvgIpc) is 3.40. The summed E-state index contributed by atoms with van der Waals surface area (Å²) in [5.74, 6) is -0.111. The monoisotopic (exact) mass is 535 g/mol. The van der Waals surface area contributed by atoms with Crippen molar-refractivity contribution in [1.29, 1.82) is 0 Å². The van der Waals surface area contributed by atoms with Crippen LogP contribution in [0.1, 0.15) is 88.3 Å². The largest absolute Gasteiger partial charge is 0.379 e. The van der Waals surface area contributed by atoms with Crippen molar-refractivity contribution in [3.05, 3.63) is 53.3 Å². The number of ether oxygens (including phenoxy) is 4. The van der Waals surface area contributed by atoms with Crippen LogP contribution in [-0.2, 0) is 18.9 Å². The third kappa shape index (κ3) is 16.6. The normalized spacial score (nSPS) is 11.1. The van der Waals surface area contributed by atoms with Gasteiger partial charge in [-0.15, -0.1) is 0 Å². The molecule has 0 aliphatic carbocycles. The van der Waals surface area contributed by atoms with Gasteiger partial charge in [-0.2, -0.15) is 5.10 Å². The van der Waals surface area contributed by atoms with Gasteiger partial charge >= 0.3 is 0 Å². The predicted octanol–water partition coefficient (Wildman–Crippen LogP) is 5.84. The van der Waals surface area contributed by atoms with E-state index in [1.54, 1.807) is 0 Å². The van der Waals surface area contributed by atoms with Gasteiger partial charge in [-0.05, 0) is 43.5 Å². The maximum absolute atomic E-state index is 12.3. The first-order valence-electron chi connectivity index (χ1n) is 14.3. The first-order chi connectivity index (χ1) is 18.6. The van der Waals surface area contributed by atoms with Crippen LogP contribution >= 0.6 is 0 Å². The highest BCUT2D eigenvalue weighted by atomic mass is 16.6. The Kier molecular flexibility index (Phi) is 23.6. The highest BCUT2D eigenvalue weighted by Gasteiger charge is 2.10. The molecule has 0 aliphatic rings. The van der Waals surface area contributed by atoms with Crippen LogP contribution in [0.4, 0.5) is 0 Å². The van der Waals surface area contributed by atoms with Crippen LogP contribution < -0.4 is 5.32 Å². The summed E-state index contributed by atoms with van der Waals surface area (Å²) in [6, 6.07) is 7.73. The third-order valence-electron chi connectivity index (χ3n) is 5.32. The lowest BCUT2D eigenvalue weighted by Crippen LogP contribution is -2.27. The summed E-state index contributed by atoms with van der Waals surface area (Å²) in [7, 11) is 0. The van der Waals surface area contributed by atoms with E-state index in [1.807, 2.05) is 76.0 Å². The fourth-order valence-corrected chi connectivity index (χ4v) is 3.27. The first-order valence-corrected chi connectivity index (χ1v) is 14.3. The second-order valence-electron chi connectivity index (χ2n) is 8.21. The number of aromatic nitrogens is 2. The van der Waals surface area contributed by atoms with E-state index in [0.717, 1.165) is 24.2 Å². The van der Waals surface area contributed by atoms with Gasteiger partial charge in [0.1, 0.15) is 0 Å². The number of rotatable bonds is 19. The Balaban J connectivity index is 0.00000326. The summed E-state index contributed by atoms with van der Waals surface area (Å²) in [5.41, 5.74) is 2.85. The first kappa shape index (κ1) is 35.7. The zero-order valence-corrected chi connectivity index (χ0v) is 25.0. The van der Waals surface area contributed by atoms with Crippen molar-refractivity contribution >= 4 is 5.91 Å². The van der Waals surface area contributed by atoms with Gasteiger partial charge in [0.15, 0.2) is 0 Å². The van der Waals surface area contributed by atoms with E-state index in [1.165, 1.54) is 12.8 Å². The van der Waals surface area contributed by atoms with Crippen molar-refractivity contribution in [3.63, 3.8) is 0 Å². The number of nitrogens with one attached hydrogen (secondary N) is 1. The van der Waals surface area contributed by atoms with Crippen LogP contribution in [0.25, 0.3) is 0 Å². The standard InChI is InChI=1S/C26H41N3O5.2C2H6/c1-4-5-6-12-31-14-16-33-18-19-34-17-15-32-13-11-27-26(30)25-9-7-24(8-10-25)23(3)29-21-22(2)20-28-29;2*1-2/h7-10,20-21,23H,4-6,11-19H2,1-3H3,(H,27,30);2*1-2H3. The zero-order chi connectivity index (χ0) is 28.4. The van der Waals surface area contributed by atoms with Crippen LogP contribution in [0.15, 0.2) is 36.7 Å². The van der Waals surface area contributed by atoms with Gasteiger partial charge in [0.05, 0.1) is 58.5 Å². The molecule has 0 saturated heterocycles. The van der Waals surface area contributed by atoms with Crippen LogP contribution in [0.5, 0.6) is 0 Å². The number of unbranched alkanes of at least 4 members (excludes halogenated alkanes) is 2. The predicted molar refractivity (Wildman–Crippen MR) is 155 cm³/mol. The summed E-state index contributed by atoms with van der Waals surface area (Å²) in [6.07, 6.45) is 7.39. The Morgan fingerprint density at radius 1 is 0.842 bits per heavy atom. The molecule has 1 aromatic heterocycles. The number of hydrogen-bond donors (Lipinski definition) is 1. The van der Waals surface area contributed by atoms with Crippen LogP contribution in [0.2, 0.25) is 0 Å². The molecular formula is C30H53N3O5. The number of amides is 1. The minimum absolute atomic E-state index is 0.111. The topological polar surface area (TPSA) is 83.8 Å². The number of nitrogens with zero attached hydrogens (tertiary/aromatic N) is 2. The van der Waals surface area contributed by atoms with Gasteiger partial charge in [0.25, 0.3) is 5.91 Å². The van der Waals surface area contributed by atoms with E-state index in [4.69, 9.17) is 18.9 Å². The van der Waals surface area contributed by atoms with E-state index in [9.17, 15) is 4.79 Å². The Bertz CT molecular complexity index is 795. The number of carbonyl (C=O) groups is 1. The molecule has 38 heavy (non-hydrogen) atoms. The van der Waals surface area contributed by atoms with Crippen molar-refractivity contribution in [2.45, 2.75) is 73.8 Å². The molecule has 0 fully saturated rings. The zero-order valence-electron chi connectivity index (χ0n) is 25.0. The molecule has 2 rings (SSSR count). The quantitative estimate of drug-likeness (QED) is 0.228. The van der Waals surface area contributed by atoms with E-state index >= 15 is 0 Å². The second kappa shape index (κ2) is 25.0. The van der Waals surface area contributed by atoms with Crippen LogP contribution in [0, 0.1) is 6.92 Å². The summed E-state index contributed by atoms with van der Waals surface area (Å²) in [4.78, 5) is 12.3. The average molecular weight is 536 g/mol. The van der Waals surface area contributed by atoms with Crippen molar-refractivity contribution in [2.75, 3.05) is 59.4 Å². The number of hydrogen-bond acceptors (Lipinski definition) is 6. The van der Waals surface area contributed by atoms with Crippen molar-refractivity contribution in [3.8, 4) is 0 Å². The van der Waals surface area contributed by atoms with Crippen molar-refractivity contribution in [2.24, 2.45) is 0 Å². The molecule has 2 aromatic rings. The maximum Gasteiger partial charge on any atom is 0.251 e. The third-order valence-corrected chi connectivity index (χ3v) is 5.32. The number of benzene rings is 1. The van der Waals surface area contributed by atoms with Crippen molar-refractivity contribution < 1.29 is 23.7 Å². The molecule has 0 aliphatic heterocycles. The Labute approximate surface area is 231 Å². The molecule has 1 N–H and O–H groups in total. The van der Waals surface area contributed by atoms with E-state index in [2.05, 4.69) is 24.3 Å². The Morgan fingerprint density at radius 2 is 1.37 bits per heavy atom. The lowest BCUT2D eigenvalue weighted by Gasteiger charge is -2.13. The second-order valence-corrected chi connectivity index (χ2v) is 8.21. The van der Waals surface area contributed by atoms with Gasteiger partial charge in [0, 0.05) is 24.9 Å².